The molecule has 0 spiro atoms. The molecule has 3 rings (SSSR count). The topological polar surface area (TPSA) is 64.6 Å². The first-order chi connectivity index (χ1) is 10.9. The van der Waals surface area contributed by atoms with Crippen LogP contribution in [0.25, 0.3) is 0 Å². The number of para-hydroxylation sites is 1. The molecule has 0 bridgehead atoms. The predicted molar refractivity (Wildman–Crippen MR) is 90.1 cm³/mol. The smallest absolute Gasteiger partial charge is 0.265 e. The molecule has 1 unspecified atom stereocenters. The molecule has 5 nitrogen and oxygen atoms in total. The first kappa shape index (κ1) is 16.7. The summed E-state index contributed by atoms with van der Waals surface area (Å²) in [6.07, 6.45) is 4.66. The molecular weight excluding hydrogens is 314 g/mol. The number of anilines is 1. The van der Waals surface area contributed by atoms with Crippen molar-refractivity contribution in [3.8, 4) is 0 Å². The maximum atomic E-state index is 11.9. The van der Waals surface area contributed by atoms with Crippen molar-refractivity contribution in [3.05, 3.63) is 29.3 Å². The number of hydrogen-bond acceptors (Lipinski definition) is 5. The third-order valence-electron chi connectivity index (χ3n) is 4.84. The molecule has 1 fully saturated rings. The van der Waals surface area contributed by atoms with Gasteiger partial charge < -0.3 is 10.1 Å². The third kappa shape index (κ3) is 3.54. The minimum atomic E-state index is -3.55. The highest BCUT2D eigenvalue weighted by molar-refractivity contribution is 7.86. The number of rotatable bonds is 5. The highest BCUT2D eigenvalue weighted by Gasteiger charge is 2.45. The van der Waals surface area contributed by atoms with Crippen LogP contribution in [-0.2, 0) is 31.1 Å². The zero-order valence-electron chi connectivity index (χ0n) is 13.8. The summed E-state index contributed by atoms with van der Waals surface area (Å²) < 4.78 is 35.0. The summed E-state index contributed by atoms with van der Waals surface area (Å²) in [6, 6.07) is 6.07. The van der Waals surface area contributed by atoms with Crippen molar-refractivity contribution in [2.45, 2.75) is 38.2 Å². The van der Waals surface area contributed by atoms with Gasteiger partial charge in [0, 0.05) is 31.0 Å². The Hall–Kier alpha value is -1.11. The fourth-order valence-electron chi connectivity index (χ4n) is 3.81. The molecule has 0 amide bonds. The Morgan fingerprint density at radius 2 is 2.09 bits per heavy atom. The molecule has 2 heterocycles. The molecule has 2 aliphatic heterocycles. The molecule has 0 aliphatic carbocycles. The van der Waals surface area contributed by atoms with E-state index in [2.05, 4.69) is 18.3 Å². The summed E-state index contributed by atoms with van der Waals surface area (Å²) in [5.74, 6) is 0.420. The first-order valence-electron chi connectivity index (χ1n) is 8.28. The van der Waals surface area contributed by atoms with Crippen LogP contribution in [0.15, 0.2) is 18.2 Å². The van der Waals surface area contributed by atoms with Crippen molar-refractivity contribution in [1.29, 1.82) is 0 Å². The summed E-state index contributed by atoms with van der Waals surface area (Å²) in [5, 5.41) is 3.40. The Morgan fingerprint density at radius 1 is 1.35 bits per heavy atom. The molecule has 0 aromatic heterocycles. The van der Waals surface area contributed by atoms with E-state index in [1.54, 1.807) is 0 Å². The van der Waals surface area contributed by atoms with Crippen LogP contribution in [0.1, 0.15) is 37.3 Å². The van der Waals surface area contributed by atoms with Gasteiger partial charge >= 0.3 is 0 Å². The fourth-order valence-corrected chi connectivity index (χ4v) is 4.60. The first-order valence-corrected chi connectivity index (χ1v) is 10.1. The molecule has 6 heteroatoms. The van der Waals surface area contributed by atoms with Crippen molar-refractivity contribution in [2.24, 2.45) is 5.92 Å². The summed E-state index contributed by atoms with van der Waals surface area (Å²) in [6.45, 7) is 4.10. The van der Waals surface area contributed by atoms with E-state index in [0.29, 0.717) is 18.9 Å². The predicted octanol–water partition coefficient (Wildman–Crippen LogP) is 2.66. The number of hydrogen-bond donors (Lipinski definition) is 1. The summed E-state index contributed by atoms with van der Waals surface area (Å²) >= 11 is 0. The van der Waals surface area contributed by atoms with Crippen LogP contribution < -0.4 is 5.32 Å². The Morgan fingerprint density at radius 3 is 2.74 bits per heavy atom. The summed E-state index contributed by atoms with van der Waals surface area (Å²) in [4.78, 5) is 0. The van der Waals surface area contributed by atoms with Crippen LogP contribution >= 0.6 is 0 Å². The molecule has 0 radical (unpaired) electrons. The molecule has 128 valence electrons. The van der Waals surface area contributed by atoms with Crippen LogP contribution in [0.2, 0.25) is 0 Å². The van der Waals surface area contributed by atoms with Gasteiger partial charge in [-0.3, -0.25) is 4.18 Å². The molecule has 1 saturated heterocycles. The third-order valence-corrected chi connectivity index (χ3v) is 5.47. The van der Waals surface area contributed by atoms with E-state index in [1.807, 2.05) is 12.1 Å². The molecule has 0 saturated carbocycles. The van der Waals surface area contributed by atoms with Crippen LogP contribution in [0.5, 0.6) is 0 Å². The van der Waals surface area contributed by atoms with Gasteiger partial charge in [-0.15, -0.1) is 0 Å². The van der Waals surface area contributed by atoms with Crippen LogP contribution in [-0.4, -0.2) is 34.4 Å². The van der Waals surface area contributed by atoms with E-state index in [9.17, 15) is 8.42 Å². The second-order valence-electron chi connectivity index (χ2n) is 6.59. The van der Waals surface area contributed by atoms with Gasteiger partial charge in [0.25, 0.3) is 10.1 Å². The maximum absolute atomic E-state index is 11.9. The average Bonchev–Trinajstić information content (AvgIpc) is 2.85. The van der Waals surface area contributed by atoms with Crippen molar-refractivity contribution in [2.75, 3.05) is 31.3 Å². The second-order valence-corrected chi connectivity index (χ2v) is 8.16. The van der Waals surface area contributed by atoms with Gasteiger partial charge in [0.1, 0.15) is 5.60 Å². The van der Waals surface area contributed by atoms with E-state index < -0.39 is 15.7 Å². The molecular formula is C17H25NO4S. The second kappa shape index (κ2) is 6.42. The van der Waals surface area contributed by atoms with Crippen LogP contribution in [0.4, 0.5) is 5.69 Å². The zero-order valence-corrected chi connectivity index (χ0v) is 14.6. The lowest BCUT2D eigenvalue weighted by Gasteiger charge is -2.33. The van der Waals surface area contributed by atoms with Crippen molar-refractivity contribution < 1.29 is 17.3 Å². The van der Waals surface area contributed by atoms with E-state index >= 15 is 0 Å². The van der Waals surface area contributed by atoms with Gasteiger partial charge in [0.15, 0.2) is 0 Å². The highest BCUT2D eigenvalue weighted by Crippen LogP contribution is 2.46. The van der Waals surface area contributed by atoms with Gasteiger partial charge in [-0.2, -0.15) is 8.42 Å². The maximum Gasteiger partial charge on any atom is 0.265 e. The SMILES string of the molecule is CCc1cccc2c1NCC2(CC1CCOCC1)OS(C)(=O)=O. The molecule has 1 N–H and O–H groups in total. The Kier molecular flexibility index (Phi) is 4.67. The summed E-state index contributed by atoms with van der Waals surface area (Å²) in [7, 11) is -3.55. The normalized spacial score (nSPS) is 25.1. The lowest BCUT2D eigenvalue weighted by atomic mass is 9.82. The molecule has 1 aromatic carbocycles. The van der Waals surface area contributed by atoms with Gasteiger partial charge in [-0.1, -0.05) is 25.1 Å². The van der Waals surface area contributed by atoms with E-state index in [0.717, 1.165) is 50.0 Å². The fraction of sp³-hybridized carbons (Fsp3) is 0.647. The minimum Gasteiger partial charge on any atom is -0.381 e. The Balaban J connectivity index is 1.98. The molecule has 23 heavy (non-hydrogen) atoms. The van der Waals surface area contributed by atoms with Crippen molar-refractivity contribution in [1.82, 2.24) is 0 Å². The van der Waals surface area contributed by atoms with Gasteiger partial charge in [0.05, 0.1) is 6.26 Å². The standard InChI is InChI=1S/C17H25NO4S/c1-3-14-5-4-6-15-16(14)18-12-17(15,22-23(2,19)20)11-13-7-9-21-10-8-13/h4-6,13,18H,3,7-12H2,1-2H3. The number of aryl methyl sites for hydroxylation is 1. The number of nitrogens with one attached hydrogen (secondary N) is 1. The quantitative estimate of drug-likeness (QED) is 0.836. The lowest BCUT2D eigenvalue weighted by molar-refractivity contribution is 0.0172. The molecule has 2 aliphatic rings. The molecule has 1 atom stereocenters. The van der Waals surface area contributed by atoms with Gasteiger partial charge in [-0.05, 0) is 37.2 Å². The number of fused-ring (bicyclic) bond motifs is 1. The lowest BCUT2D eigenvalue weighted by Crippen LogP contribution is -2.37. The molecule has 1 aromatic rings. The monoisotopic (exact) mass is 339 g/mol. The van der Waals surface area contributed by atoms with E-state index in [4.69, 9.17) is 8.92 Å². The Bertz CT molecular complexity index is 667. The number of ether oxygens (including phenoxy) is 1. The van der Waals surface area contributed by atoms with Crippen LogP contribution in [0, 0.1) is 5.92 Å². The van der Waals surface area contributed by atoms with Crippen LogP contribution in [0.3, 0.4) is 0 Å². The number of benzene rings is 1. The highest BCUT2D eigenvalue weighted by atomic mass is 32.2. The van der Waals surface area contributed by atoms with E-state index in [-0.39, 0.29) is 0 Å². The van der Waals surface area contributed by atoms with Crippen molar-refractivity contribution in [3.63, 3.8) is 0 Å². The zero-order chi connectivity index (χ0) is 16.5. The minimum absolute atomic E-state index is 0.420. The van der Waals surface area contributed by atoms with E-state index in [1.165, 1.54) is 5.56 Å². The summed E-state index contributed by atoms with van der Waals surface area (Å²) in [5.41, 5.74) is 2.43. The Labute approximate surface area is 138 Å². The van der Waals surface area contributed by atoms with Gasteiger partial charge in [0.2, 0.25) is 0 Å². The average molecular weight is 339 g/mol. The largest absolute Gasteiger partial charge is 0.381 e. The van der Waals surface area contributed by atoms with Gasteiger partial charge in [-0.25, -0.2) is 0 Å². The van der Waals surface area contributed by atoms with Crippen molar-refractivity contribution >= 4 is 15.8 Å².